The maximum absolute atomic E-state index is 13.8. The summed E-state index contributed by atoms with van der Waals surface area (Å²) in [4.78, 5) is 7.05. The highest BCUT2D eigenvalue weighted by molar-refractivity contribution is 5.93. The number of para-hydroxylation sites is 1. The summed E-state index contributed by atoms with van der Waals surface area (Å²) in [5, 5.41) is 4.03. The van der Waals surface area contributed by atoms with Crippen LogP contribution in [0.5, 0.6) is 5.75 Å². The Labute approximate surface area is 234 Å². The number of fused-ring (bicyclic) bond motifs is 1. The molecule has 210 valence electrons. The van der Waals surface area contributed by atoms with Crippen LogP contribution in [0.1, 0.15) is 55.3 Å². The van der Waals surface area contributed by atoms with Gasteiger partial charge in [0.05, 0.1) is 17.7 Å². The molecule has 1 fully saturated rings. The van der Waals surface area contributed by atoms with E-state index >= 15 is 0 Å². The lowest BCUT2D eigenvalue weighted by molar-refractivity contribution is -0.137. The lowest BCUT2D eigenvalue weighted by Gasteiger charge is -2.34. The van der Waals surface area contributed by atoms with Gasteiger partial charge in [-0.2, -0.15) is 13.2 Å². The average Bonchev–Trinajstić information content (AvgIpc) is 2.95. The second kappa shape index (κ2) is 12.7. The molecule has 40 heavy (non-hydrogen) atoms. The number of nitrogens with zero attached hydrogens (tertiary/aromatic N) is 2. The Hall–Kier alpha value is -3.58. The first-order valence-corrected chi connectivity index (χ1v) is 14.1. The van der Waals surface area contributed by atoms with E-state index in [0.29, 0.717) is 24.0 Å². The van der Waals surface area contributed by atoms with Gasteiger partial charge in [0, 0.05) is 47.7 Å². The van der Waals surface area contributed by atoms with E-state index in [0.717, 1.165) is 48.2 Å². The van der Waals surface area contributed by atoms with Crippen molar-refractivity contribution in [3.8, 4) is 5.75 Å². The fourth-order valence-corrected chi connectivity index (χ4v) is 5.60. The van der Waals surface area contributed by atoms with Gasteiger partial charge in [0.2, 0.25) is 0 Å². The van der Waals surface area contributed by atoms with Crippen molar-refractivity contribution in [2.24, 2.45) is 0 Å². The third-order valence-corrected chi connectivity index (χ3v) is 7.54. The van der Waals surface area contributed by atoms with Crippen molar-refractivity contribution >= 4 is 22.3 Å². The molecule has 1 heterocycles. The Bertz CT molecular complexity index is 1400. The van der Waals surface area contributed by atoms with Gasteiger partial charge in [0.1, 0.15) is 5.75 Å². The van der Waals surface area contributed by atoms with Crippen molar-refractivity contribution in [3.05, 3.63) is 95.7 Å². The Morgan fingerprint density at radius 2 is 1.68 bits per heavy atom. The minimum absolute atomic E-state index is 0.208. The van der Waals surface area contributed by atoms with Crippen molar-refractivity contribution in [2.45, 2.75) is 64.2 Å². The second-order valence-electron chi connectivity index (χ2n) is 10.6. The topological polar surface area (TPSA) is 37.4 Å². The average molecular weight is 548 g/mol. The molecule has 3 aromatic carbocycles. The summed E-state index contributed by atoms with van der Waals surface area (Å²) in [5.41, 5.74) is 3.14. The second-order valence-corrected chi connectivity index (χ2v) is 10.6. The van der Waals surface area contributed by atoms with E-state index in [1.165, 1.54) is 37.7 Å². The van der Waals surface area contributed by atoms with Crippen LogP contribution in [0.2, 0.25) is 0 Å². The first-order valence-electron chi connectivity index (χ1n) is 14.1. The highest BCUT2D eigenvalue weighted by Gasteiger charge is 2.31. The summed E-state index contributed by atoms with van der Waals surface area (Å²) in [6.07, 6.45) is 2.42. The molecule has 1 N–H and O–H groups in total. The van der Waals surface area contributed by atoms with E-state index in [1.54, 1.807) is 6.07 Å². The van der Waals surface area contributed by atoms with Crippen LogP contribution in [0, 0.1) is 6.92 Å². The smallest absolute Gasteiger partial charge is 0.416 e. The van der Waals surface area contributed by atoms with E-state index in [-0.39, 0.29) is 5.75 Å². The predicted molar refractivity (Wildman–Crippen MR) is 155 cm³/mol. The number of hydrogen-bond acceptors (Lipinski definition) is 4. The van der Waals surface area contributed by atoms with Crippen LogP contribution in [0.4, 0.5) is 24.5 Å². The van der Waals surface area contributed by atoms with E-state index in [2.05, 4.69) is 39.5 Å². The van der Waals surface area contributed by atoms with Crippen LogP contribution in [-0.2, 0) is 12.7 Å². The molecule has 0 spiro atoms. The van der Waals surface area contributed by atoms with Gasteiger partial charge in [-0.05, 0) is 56.0 Å². The van der Waals surface area contributed by atoms with Gasteiger partial charge in [-0.25, -0.2) is 0 Å². The number of pyridine rings is 1. The third-order valence-electron chi connectivity index (χ3n) is 7.54. The first kappa shape index (κ1) is 28.0. The van der Waals surface area contributed by atoms with Crippen molar-refractivity contribution in [1.29, 1.82) is 0 Å². The molecule has 7 heteroatoms. The summed E-state index contributed by atoms with van der Waals surface area (Å²) in [5.74, 6) is 0.208. The van der Waals surface area contributed by atoms with E-state index < -0.39 is 11.7 Å². The number of hydrogen-bond donors (Lipinski definition) is 1. The maximum atomic E-state index is 13.8. The van der Waals surface area contributed by atoms with Crippen LogP contribution in [0.3, 0.4) is 0 Å². The Morgan fingerprint density at radius 3 is 2.45 bits per heavy atom. The fraction of sp³-hybridized carbons (Fsp3) is 0.364. The standard InChI is InChI=1S/C33H36F3N3O/c1-24-19-32(30-15-8-9-16-31(30)37-24)38-27-20-26(33(34,35)36)21-29(22-27)40-18-10-17-39(28-13-6-3-7-14-28)23-25-11-4-2-5-12-25/h2,4-5,8-9,11-12,15-16,19-22,28H,3,6-7,10,13-14,17-18,23H2,1H3,(H,37,38). The Balaban J connectivity index is 1.29. The molecule has 0 amide bonds. The first-order chi connectivity index (χ1) is 19.3. The molecule has 0 radical (unpaired) electrons. The zero-order valence-corrected chi connectivity index (χ0v) is 22.9. The van der Waals surface area contributed by atoms with Gasteiger partial charge in [0.25, 0.3) is 0 Å². The van der Waals surface area contributed by atoms with Gasteiger partial charge in [0.15, 0.2) is 0 Å². The largest absolute Gasteiger partial charge is 0.493 e. The zero-order chi connectivity index (χ0) is 28.0. The molecule has 4 aromatic rings. The Morgan fingerprint density at radius 1 is 0.925 bits per heavy atom. The molecule has 0 saturated heterocycles. The van der Waals surface area contributed by atoms with Gasteiger partial charge in [-0.1, -0.05) is 67.8 Å². The fourth-order valence-electron chi connectivity index (χ4n) is 5.60. The number of alkyl halides is 3. The lowest BCUT2D eigenvalue weighted by Crippen LogP contribution is -2.37. The van der Waals surface area contributed by atoms with Crippen LogP contribution in [0.25, 0.3) is 10.9 Å². The Kier molecular flexibility index (Phi) is 8.90. The number of rotatable bonds is 10. The van der Waals surface area contributed by atoms with Crippen LogP contribution < -0.4 is 10.1 Å². The number of halogens is 3. The molecular formula is C33H36F3N3O. The molecule has 1 saturated carbocycles. The van der Waals surface area contributed by atoms with E-state index in [4.69, 9.17) is 4.74 Å². The number of ether oxygens (including phenoxy) is 1. The van der Waals surface area contributed by atoms with Gasteiger partial charge < -0.3 is 10.1 Å². The van der Waals surface area contributed by atoms with Crippen LogP contribution >= 0.6 is 0 Å². The molecule has 0 unspecified atom stereocenters. The summed E-state index contributed by atoms with van der Waals surface area (Å²) in [6, 6.07) is 24.3. The number of aromatic nitrogens is 1. The van der Waals surface area contributed by atoms with E-state index in [1.807, 2.05) is 43.3 Å². The zero-order valence-electron chi connectivity index (χ0n) is 22.9. The molecule has 0 atom stereocenters. The summed E-state index contributed by atoms with van der Waals surface area (Å²) in [7, 11) is 0. The monoisotopic (exact) mass is 547 g/mol. The highest BCUT2D eigenvalue weighted by atomic mass is 19.4. The number of nitrogens with one attached hydrogen (secondary N) is 1. The van der Waals surface area contributed by atoms with Crippen LogP contribution in [-0.4, -0.2) is 29.1 Å². The lowest BCUT2D eigenvalue weighted by atomic mass is 9.93. The van der Waals surface area contributed by atoms with E-state index in [9.17, 15) is 13.2 Å². The number of benzene rings is 3. The van der Waals surface area contributed by atoms with Gasteiger partial charge >= 0.3 is 6.18 Å². The third kappa shape index (κ3) is 7.33. The molecule has 1 aliphatic carbocycles. The summed E-state index contributed by atoms with van der Waals surface area (Å²) >= 11 is 0. The minimum atomic E-state index is -4.49. The molecule has 1 aromatic heterocycles. The van der Waals surface area contributed by atoms with Crippen LogP contribution in [0.15, 0.2) is 78.9 Å². The number of anilines is 2. The molecular weight excluding hydrogens is 511 g/mol. The molecule has 0 bridgehead atoms. The highest BCUT2D eigenvalue weighted by Crippen LogP contribution is 2.36. The number of aryl methyl sites for hydroxylation is 1. The van der Waals surface area contributed by atoms with Gasteiger partial charge in [-0.15, -0.1) is 0 Å². The van der Waals surface area contributed by atoms with Crippen molar-refractivity contribution in [1.82, 2.24) is 9.88 Å². The summed E-state index contributed by atoms with van der Waals surface area (Å²) < 4.78 is 47.4. The molecule has 4 nitrogen and oxygen atoms in total. The van der Waals surface area contributed by atoms with Gasteiger partial charge in [-0.3, -0.25) is 9.88 Å². The summed E-state index contributed by atoms with van der Waals surface area (Å²) in [6.45, 7) is 3.93. The normalized spacial score (nSPS) is 14.5. The quantitative estimate of drug-likeness (QED) is 0.201. The molecule has 5 rings (SSSR count). The van der Waals surface area contributed by atoms with Crippen molar-refractivity contribution in [3.63, 3.8) is 0 Å². The predicted octanol–water partition coefficient (Wildman–Crippen LogP) is 8.91. The molecule has 1 aliphatic rings. The maximum Gasteiger partial charge on any atom is 0.416 e. The SMILES string of the molecule is Cc1cc(Nc2cc(OCCCN(Cc3ccccc3)C3CCCCC3)cc(C(F)(F)F)c2)c2ccccc2n1. The minimum Gasteiger partial charge on any atom is -0.493 e. The van der Waals surface area contributed by atoms with Crippen molar-refractivity contribution < 1.29 is 17.9 Å². The van der Waals surface area contributed by atoms with Crippen molar-refractivity contribution in [2.75, 3.05) is 18.5 Å². The molecule has 0 aliphatic heterocycles.